The fraction of sp³-hybridized carbons (Fsp3) is 0.231. The number of hydrogen-bond donors (Lipinski definition) is 2. The molecule has 0 unspecified atom stereocenters. The van der Waals surface area contributed by atoms with E-state index in [9.17, 15) is 0 Å². The number of nitrogens with two attached hydrogens (primary N) is 1. The maximum Gasteiger partial charge on any atom is 0.0370 e. The van der Waals surface area contributed by atoms with Crippen LogP contribution in [0, 0.1) is 6.92 Å². The molecule has 0 fully saturated rings. The maximum absolute atomic E-state index is 5.94. The number of rotatable bonds is 4. The van der Waals surface area contributed by atoms with Crippen LogP contribution >= 0.6 is 27.3 Å². The highest BCUT2D eigenvalue weighted by molar-refractivity contribution is 9.10. The highest BCUT2D eigenvalue weighted by atomic mass is 79.9. The first-order valence-electron chi connectivity index (χ1n) is 5.45. The molecule has 0 bridgehead atoms. The van der Waals surface area contributed by atoms with Gasteiger partial charge in [0, 0.05) is 33.0 Å². The summed E-state index contributed by atoms with van der Waals surface area (Å²) in [5.74, 6) is 0. The number of anilines is 1. The summed E-state index contributed by atoms with van der Waals surface area (Å²) in [5.41, 5.74) is 7.91. The summed E-state index contributed by atoms with van der Waals surface area (Å²) in [6.45, 7) is 3.82. The van der Waals surface area contributed by atoms with Gasteiger partial charge in [0.05, 0.1) is 0 Å². The minimum atomic E-state index is 0.802. The normalized spacial score (nSPS) is 10.7. The van der Waals surface area contributed by atoms with Gasteiger partial charge < -0.3 is 11.1 Å². The molecule has 0 saturated heterocycles. The van der Waals surface area contributed by atoms with E-state index in [0.29, 0.717) is 0 Å². The molecule has 0 saturated carbocycles. The van der Waals surface area contributed by atoms with Crippen LogP contribution in [0.2, 0.25) is 0 Å². The van der Waals surface area contributed by atoms with E-state index in [1.54, 1.807) is 0 Å². The first-order chi connectivity index (χ1) is 8.15. The lowest BCUT2D eigenvalue weighted by Gasteiger charge is -2.07. The Morgan fingerprint density at radius 3 is 2.71 bits per heavy atom. The quantitative estimate of drug-likeness (QED) is 0.845. The molecule has 0 radical (unpaired) electrons. The van der Waals surface area contributed by atoms with E-state index in [1.807, 2.05) is 29.5 Å². The molecule has 0 atom stereocenters. The van der Waals surface area contributed by atoms with E-state index < -0.39 is 0 Å². The fourth-order valence-corrected chi connectivity index (χ4v) is 2.87. The zero-order valence-electron chi connectivity index (χ0n) is 9.66. The number of aryl methyl sites for hydroxylation is 1. The molecule has 0 spiro atoms. The lowest BCUT2D eigenvalue weighted by Crippen LogP contribution is -2.13. The lowest BCUT2D eigenvalue weighted by atomic mass is 10.2. The zero-order chi connectivity index (χ0) is 12.3. The van der Waals surface area contributed by atoms with Crippen LogP contribution in [0.25, 0.3) is 0 Å². The molecule has 2 nitrogen and oxygen atoms in total. The van der Waals surface area contributed by atoms with Crippen molar-refractivity contribution < 1.29 is 0 Å². The van der Waals surface area contributed by atoms with Crippen LogP contribution in [-0.2, 0) is 13.1 Å². The zero-order valence-corrected chi connectivity index (χ0v) is 12.1. The average molecular weight is 311 g/mol. The van der Waals surface area contributed by atoms with Crippen LogP contribution in [0.1, 0.15) is 15.3 Å². The Labute approximate surface area is 114 Å². The van der Waals surface area contributed by atoms with Gasteiger partial charge in [-0.25, -0.2) is 0 Å². The van der Waals surface area contributed by atoms with Crippen molar-refractivity contribution in [3.05, 3.63) is 50.1 Å². The minimum Gasteiger partial charge on any atom is -0.398 e. The average Bonchev–Trinajstić information content (AvgIpc) is 2.68. The molecule has 90 valence electrons. The molecule has 1 aromatic heterocycles. The number of nitrogen functional groups attached to an aromatic ring is 1. The molecule has 3 N–H and O–H groups in total. The van der Waals surface area contributed by atoms with Crippen LogP contribution in [0.3, 0.4) is 0 Å². The number of nitrogens with one attached hydrogen (secondary N) is 1. The summed E-state index contributed by atoms with van der Waals surface area (Å²) in [5, 5.41) is 3.41. The van der Waals surface area contributed by atoms with Gasteiger partial charge in [-0.05, 0) is 36.8 Å². The van der Waals surface area contributed by atoms with Gasteiger partial charge >= 0.3 is 0 Å². The van der Waals surface area contributed by atoms with Crippen molar-refractivity contribution in [1.82, 2.24) is 5.32 Å². The van der Waals surface area contributed by atoms with Crippen molar-refractivity contribution >= 4 is 33.0 Å². The SMILES string of the molecule is Cc1ccc(CNCc2ccc(Br)cc2N)s1. The van der Waals surface area contributed by atoms with E-state index in [0.717, 1.165) is 28.8 Å². The van der Waals surface area contributed by atoms with Gasteiger partial charge in [0.2, 0.25) is 0 Å². The molecular formula is C13H15BrN2S. The summed E-state index contributed by atoms with van der Waals surface area (Å²) in [4.78, 5) is 2.71. The van der Waals surface area contributed by atoms with Gasteiger partial charge in [0.1, 0.15) is 0 Å². The number of halogens is 1. The summed E-state index contributed by atoms with van der Waals surface area (Å²) in [6, 6.07) is 10.3. The number of hydrogen-bond acceptors (Lipinski definition) is 3. The van der Waals surface area contributed by atoms with E-state index in [2.05, 4.69) is 40.3 Å². The first kappa shape index (κ1) is 12.6. The van der Waals surface area contributed by atoms with Gasteiger partial charge in [-0.3, -0.25) is 0 Å². The Morgan fingerprint density at radius 2 is 2.06 bits per heavy atom. The van der Waals surface area contributed by atoms with Crippen molar-refractivity contribution in [2.45, 2.75) is 20.0 Å². The van der Waals surface area contributed by atoms with Gasteiger partial charge in [-0.15, -0.1) is 11.3 Å². The summed E-state index contributed by atoms with van der Waals surface area (Å²) >= 11 is 5.23. The second kappa shape index (κ2) is 5.67. The molecule has 1 aromatic carbocycles. The van der Waals surface area contributed by atoms with Gasteiger partial charge in [0.15, 0.2) is 0 Å². The van der Waals surface area contributed by atoms with E-state index in [1.165, 1.54) is 9.75 Å². The molecule has 2 aromatic rings. The van der Waals surface area contributed by atoms with Crippen LogP contribution in [-0.4, -0.2) is 0 Å². The highest BCUT2D eigenvalue weighted by Gasteiger charge is 2.00. The molecule has 17 heavy (non-hydrogen) atoms. The maximum atomic E-state index is 5.94. The molecule has 2 rings (SSSR count). The Hall–Kier alpha value is -0.840. The minimum absolute atomic E-state index is 0.802. The molecule has 0 aliphatic heterocycles. The lowest BCUT2D eigenvalue weighted by molar-refractivity contribution is 0.702. The van der Waals surface area contributed by atoms with Crippen molar-refractivity contribution in [1.29, 1.82) is 0 Å². The Kier molecular flexibility index (Phi) is 4.20. The largest absolute Gasteiger partial charge is 0.398 e. The van der Waals surface area contributed by atoms with Gasteiger partial charge in [-0.1, -0.05) is 22.0 Å². The molecule has 0 aliphatic rings. The first-order valence-corrected chi connectivity index (χ1v) is 7.06. The van der Waals surface area contributed by atoms with Gasteiger partial charge in [-0.2, -0.15) is 0 Å². The second-order valence-corrected chi connectivity index (χ2v) is 6.25. The van der Waals surface area contributed by atoms with Crippen LogP contribution < -0.4 is 11.1 Å². The third kappa shape index (κ3) is 3.56. The highest BCUT2D eigenvalue weighted by Crippen LogP contribution is 2.19. The summed E-state index contributed by atoms with van der Waals surface area (Å²) < 4.78 is 1.02. The van der Waals surface area contributed by atoms with Crippen molar-refractivity contribution in [3.63, 3.8) is 0 Å². The Balaban J connectivity index is 1.90. The standard InChI is InChI=1S/C13H15BrN2S/c1-9-2-5-12(17-9)8-16-7-10-3-4-11(14)6-13(10)15/h2-6,16H,7-8,15H2,1H3. The third-order valence-corrected chi connectivity index (χ3v) is 4.01. The van der Waals surface area contributed by atoms with Crippen molar-refractivity contribution in [2.75, 3.05) is 5.73 Å². The topological polar surface area (TPSA) is 38.0 Å². The van der Waals surface area contributed by atoms with E-state index >= 15 is 0 Å². The third-order valence-electron chi connectivity index (χ3n) is 2.52. The molecule has 0 amide bonds. The molecule has 0 aliphatic carbocycles. The van der Waals surface area contributed by atoms with Crippen LogP contribution in [0.5, 0.6) is 0 Å². The van der Waals surface area contributed by atoms with Crippen molar-refractivity contribution in [3.8, 4) is 0 Å². The smallest absolute Gasteiger partial charge is 0.0370 e. The monoisotopic (exact) mass is 310 g/mol. The number of thiophene rings is 1. The van der Waals surface area contributed by atoms with E-state index in [-0.39, 0.29) is 0 Å². The van der Waals surface area contributed by atoms with Crippen LogP contribution in [0.4, 0.5) is 5.69 Å². The molecule has 4 heteroatoms. The predicted octanol–water partition coefficient (Wildman–Crippen LogP) is 3.69. The molecule has 1 heterocycles. The number of benzene rings is 1. The second-order valence-electron chi connectivity index (χ2n) is 3.96. The van der Waals surface area contributed by atoms with Crippen molar-refractivity contribution in [2.24, 2.45) is 0 Å². The molecular weight excluding hydrogens is 296 g/mol. The Bertz CT molecular complexity index is 508. The predicted molar refractivity (Wildman–Crippen MR) is 78.2 cm³/mol. The fourth-order valence-electron chi connectivity index (χ4n) is 1.63. The Morgan fingerprint density at radius 1 is 1.24 bits per heavy atom. The summed E-state index contributed by atoms with van der Waals surface area (Å²) in [7, 11) is 0. The van der Waals surface area contributed by atoms with E-state index in [4.69, 9.17) is 5.73 Å². The van der Waals surface area contributed by atoms with Crippen LogP contribution in [0.15, 0.2) is 34.8 Å². The summed E-state index contributed by atoms with van der Waals surface area (Å²) in [6.07, 6.45) is 0. The van der Waals surface area contributed by atoms with Gasteiger partial charge in [0.25, 0.3) is 0 Å².